The summed E-state index contributed by atoms with van der Waals surface area (Å²) < 4.78 is 5.62. The second kappa shape index (κ2) is 9.13. The number of rotatable bonds is 8. The molecule has 1 aromatic rings. The van der Waals surface area contributed by atoms with Gasteiger partial charge in [0.2, 0.25) is 0 Å². The molecule has 21 heavy (non-hydrogen) atoms. The van der Waals surface area contributed by atoms with E-state index in [2.05, 4.69) is 12.2 Å². The van der Waals surface area contributed by atoms with Gasteiger partial charge >= 0.3 is 0 Å². The third-order valence-electron chi connectivity index (χ3n) is 3.07. The molecule has 0 fully saturated rings. The summed E-state index contributed by atoms with van der Waals surface area (Å²) in [6.07, 6.45) is 1.03. The van der Waals surface area contributed by atoms with Crippen molar-refractivity contribution in [2.24, 2.45) is 0 Å². The van der Waals surface area contributed by atoms with Gasteiger partial charge in [0.15, 0.2) is 6.61 Å². The average molecular weight is 333 g/mol. The van der Waals surface area contributed by atoms with Crippen LogP contribution in [0.25, 0.3) is 0 Å². The van der Waals surface area contributed by atoms with Crippen molar-refractivity contribution in [1.82, 2.24) is 10.2 Å². The van der Waals surface area contributed by atoms with Crippen LogP contribution in [0.5, 0.6) is 5.75 Å². The number of ether oxygens (including phenoxy) is 1. The molecule has 1 N–H and O–H groups in total. The van der Waals surface area contributed by atoms with Crippen molar-refractivity contribution in [3.05, 3.63) is 27.7 Å². The van der Waals surface area contributed by atoms with Crippen molar-refractivity contribution < 1.29 is 9.53 Å². The first-order valence-electron chi connectivity index (χ1n) is 7.05. The Bertz CT molecular complexity index is 481. The maximum Gasteiger partial charge on any atom is 0.260 e. The van der Waals surface area contributed by atoms with E-state index >= 15 is 0 Å². The van der Waals surface area contributed by atoms with Gasteiger partial charge < -0.3 is 15.0 Å². The maximum absolute atomic E-state index is 11.8. The molecule has 1 aromatic carbocycles. The molecule has 0 spiro atoms. The van der Waals surface area contributed by atoms with E-state index in [1.807, 2.05) is 6.92 Å². The Kier molecular flexibility index (Phi) is 7.86. The minimum absolute atomic E-state index is 0.0352. The first kappa shape index (κ1) is 18.1. The molecule has 0 atom stereocenters. The highest BCUT2D eigenvalue weighted by molar-refractivity contribution is 6.35. The predicted molar refractivity (Wildman–Crippen MR) is 87.3 cm³/mol. The molecule has 0 aromatic heterocycles. The summed E-state index contributed by atoms with van der Waals surface area (Å²) in [6, 6.07) is 3.43. The molecule has 0 saturated carbocycles. The van der Waals surface area contributed by atoms with Gasteiger partial charge in [-0.2, -0.15) is 0 Å². The van der Waals surface area contributed by atoms with E-state index in [4.69, 9.17) is 27.9 Å². The molecule has 1 amide bonds. The summed E-state index contributed by atoms with van der Waals surface area (Å²) in [5.74, 6) is 0.429. The number of carbonyl (C=O) groups excluding carboxylic acids is 1. The molecule has 118 valence electrons. The number of carbonyl (C=O) groups is 1. The monoisotopic (exact) mass is 332 g/mol. The fourth-order valence-electron chi connectivity index (χ4n) is 1.73. The minimum atomic E-state index is -0.0871. The smallest absolute Gasteiger partial charge is 0.260 e. The van der Waals surface area contributed by atoms with Crippen LogP contribution >= 0.6 is 23.2 Å². The zero-order chi connectivity index (χ0) is 15.8. The van der Waals surface area contributed by atoms with E-state index < -0.39 is 0 Å². The van der Waals surface area contributed by atoms with Crippen molar-refractivity contribution in [2.45, 2.75) is 26.8 Å². The molecule has 0 radical (unpaired) electrons. The zero-order valence-electron chi connectivity index (χ0n) is 12.7. The lowest BCUT2D eigenvalue weighted by Crippen LogP contribution is -2.31. The first-order valence-corrected chi connectivity index (χ1v) is 7.80. The minimum Gasteiger partial charge on any atom is -0.482 e. The third-order valence-corrected chi connectivity index (χ3v) is 3.57. The number of hydrogen-bond acceptors (Lipinski definition) is 3. The van der Waals surface area contributed by atoms with Gasteiger partial charge in [-0.15, -0.1) is 0 Å². The predicted octanol–water partition coefficient (Wildman–Crippen LogP) is 3.35. The molecule has 0 unspecified atom stereocenters. The fraction of sp³-hybridized carbons (Fsp3) is 0.533. The summed E-state index contributed by atoms with van der Waals surface area (Å²) in [6.45, 7) is 6.10. The third kappa shape index (κ3) is 5.73. The van der Waals surface area contributed by atoms with E-state index in [1.54, 1.807) is 24.1 Å². The van der Waals surface area contributed by atoms with E-state index in [0.717, 1.165) is 18.5 Å². The Morgan fingerprint density at radius 3 is 2.67 bits per heavy atom. The normalized spacial score (nSPS) is 10.5. The van der Waals surface area contributed by atoms with Crippen LogP contribution in [-0.4, -0.2) is 37.6 Å². The topological polar surface area (TPSA) is 41.6 Å². The van der Waals surface area contributed by atoms with Crippen molar-refractivity contribution in [2.75, 3.05) is 26.7 Å². The molecule has 0 aliphatic rings. The van der Waals surface area contributed by atoms with Crippen LogP contribution in [0, 0.1) is 0 Å². The SMILES string of the molecule is CCCNCc1cc(Cl)cc(Cl)c1OCC(=O)N(C)CC. The quantitative estimate of drug-likeness (QED) is 0.742. The van der Waals surface area contributed by atoms with Gasteiger partial charge in [0.05, 0.1) is 5.02 Å². The Balaban J connectivity index is 2.81. The standard InChI is InChI=1S/C15H22Cl2N2O2/c1-4-6-18-9-11-7-12(16)8-13(17)15(11)21-10-14(20)19(3)5-2/h7-8,18H,4-6,9-10H2,1-3H3. The number of nitrogens with one attached hydrogen (secondary N) is 1. The fourth-order valence-corrected chi connectivity index (χ4v) is 2.32. The highest BCUT2D eigenvalue weighted by Gasteiger charge is 2.14. The molecule has 0 aliphatic heterocycles. The molecule has 0 heterocycles. The van der Waals surface area contributed by atoms with Crippen molar-refractivity contribution in [1.29, 1.82) is 0 Å². The lowest BCUT2D eigenvalue weighted by molar-refractivity contribution is -0.131. The average Bonchev–Trinajstić information content (AvgIpc) is 2.45. The first-order chi connectivity index (χ1) is 9.99. The van der Waals surface area contributed by atoms with Gasteiger partial charge in [0, 0.05) is 30.7 Å². The summed E-state index contributed by atoms with van der Waals surface area (Å²) in [5, 5.41) is 4.25. The Morgan fingerprint density at radius 2 is 2.05 bits per heavy atom. The molecule has 0 saturated heterocycles. The summed E-state index contributed by atoms with van der Waals surface area (Å²) in [5.41, 5.74) is 0.855. The highest BCUT2D eigenvalue weighted by atomic mass is 35.5. The van der Waals surface area contributed by atoms with Crippen molar-refractivity contribution in [3.63, 3.8) is 0 Å². The van der Waals surface area contributed by atoms with Crippen LogP contribution in [0.2, 0.25) is 10.0 Å². The van der Waals surface area contributed by atoms with Gasteiger partial charge in [0.1, 0.15) is 5.75 Å². The Morgan fingerprint density at radius 1 is 1.33 bits per heavy atom. The molecule has 0 aliphatic carbocycles. The van der Waals surface area contributed by atoms with Crippen LogP contribution in [0.15, 0.2) is 12.1 Å². The van der Waals surface area contributed by atoms with E-state index in [0.29, 0.717) is 28.9 Å². The lowest BCUT2D eigenvalue weighted by Gasteiger charge is -2.17. The molecule has 4 nitrogen and oxygen atoms in total. The van der Waals surface area contributed by atoms with Gasteiger partial charge in [-0.25, -0.2) is 0 Å². The number of hydrogen-bond donors (Lipinski definition) is 1. The van der Waals surface area contributed by atoms with Crippen LogP contribution in [0.4, 0.5) is 0 Å². The van der Waals surface area contributed by atoms with Gasteiger partial charge in [-0.1, -0.05) is 30.1 Å². The molecule has 0 bridgehead atoms. The number of halogens is 2. The maximum atomic E-state index is 11.8. The van der Waals surface area contributed by atoms with E-state index in [9.17, 15) is 4.79 Å². The van der Waals surface area contributed by atoms with E-state index in [1.165, 1.54) is 0 Å². The molecular weight excluding hydrogens is 311 g/mol. The number of benzene rings is 1. The van der Waals surface area contributed by atoms with E-state index in [-0.39, 0.29) is 12.5 Å². The molecular formula is C15H22Cl2N2O2. The Labute approximate surface area is 136 Å². The summed E-state index contributed by atoms with van der Waals surface area (Å²) in [4.78, 5) is 13.4. The zero-order valence-corrected chi connectivity index (χ0v) is 14.2. The van der Waals surface area contributed by atoms with Crippen LogP contribution < -0.4 is 10.1 Å². The second-order valence-corrected chi connectivity index (χ2v) is 5.59. The summed E-state index contributed by atoms with van der Waals surface area (Å²) in [7, 11) is 1.73. The summed E-state index contributed by atoms with van der Waals surface area (Å²) >= 11 is 12.2. The number of likely N-dealkylation sites (N-methyl/N-ethyl adjacent to an activating group) is 1. The number of nitrogens with zero attached hydrogens (tertiary/aromatic N) is 1. The van der Waals surface area contributed by atoms with Crippen LogP contribution in [0.3, 0.4) is 0 Å². The highest BCUT2D eigenvalue weighted by Crippen LogP contribution is 2.32. The lowest BCUT2D eigenvalue weighted by atomic mass is 10.2. The van der Waals surface area contributed by atoms with Crippen LogP contribution in [0.1, 0.15) is 25.8 Å². The second-order valence-electron chi connectivity index (χ2n) is 4.75. The molecule has 6 heteroatoms. The molecule has 1 rings (SSSR count). The van der Waals surface area contributed by atoms with Crippen LogP contribution in [-0.2, 0) is 11.3 Å². The van der Waals surface area contributed by atoms with Gasteiger partial charge in [0.25, 0.3) is 5.91 Å². The Hall–Kier alpha value is -0.970. The van der Waals surface area contributed by atoms with Gasteiger partial charge in [-0.3, -0.25) is 4.79 Å². The number of amides is 1. The van der Waals surface area contributed by atoms with Gasteiger partial charge in [-0.05, 0) is 32.0 Å². The van der Waals surface area contributed by atoms with Crippen molar-refractivity contribution in [3.8, 4) is 5.75 Å². The van der Waals surface area contributed by atoms with Crippen molar-refractivity contribution >= 4 is 29.1 Å². The largest absolute Gasteiger partial charge is 0.482 e.